The van der Waals surface area contributed by atoms with E-state index in [-0.39, 0.29) is 6.04 Å². The normalized spacial score (nSPS) is 16.4. The SMILES string of the molecule is C[C@@H](N)c1cccnc1N1CCc2sccc2C1. The molecule has 0 saturated carbocycles. The minimum Gasteiger partial charge on any atom is -0.352 e. The Labute approximate surface area is 111 Å². The molecule has 2 aromatic rings. The van der Waals surface area contributed by atoms with Gasteiger partial charge in [-0.25, -0.2) is 4.98 Å². The van der Waals surface area contributed by atoms with Gasteiger partial charge >= 0.3 is 0 Å². The van der Waals surface area contributed by atoms with Crippen LogP contribution in [0.15, 0.2) is 29.8 Å². The van der Waals surface area contributed by atoms with Crippen molar-refractivity contribution in [1.82, 2.24) is 4.98 Å². The van der Waals surface area contributed by atoms with Crippen molar-refractivity contribution in [1.29, 1.82) is 0 Å². The molecule has 0 radical (unpaired) electrons. The third kappa shape index (κ3) is 2.02. The largest absolute Gasteiger partial charge is 0.352 e. The maximum absolute atomic E-state index is 6.03. The van der Waals surface area contributed by atoms with E-state index in [0.717, 1.165) is 30.9 Å². The zero-order valence-corrected chi connectivity index (χ0v) is 11.3. The number of pyridine rings is 1. The van der Waals surface area contributed by atoms with Crippen molar-refractivity contribution in [2.24, 2.45) is 5.73 Å². The maximum atomic E-state index is 6.03. The summed E-state index contributed by atoms with van der Waals surface area (Å²) >= 11 is 1.86. The lowest BCUT2D eigenvalue weighted by Gasteiger charge is -2.30. The Morgan fingerprint density at radius 1 is 1.44 bits per heavy atom. The highest BCUT2D eigenvalue weighted by molar-refractivity contribution is 7.10. The van der Waals surface area contributed by atoms with Crippen LogP contribution in [0.4, 0.5) is 5.82 Å². The van der Waals surface area contributed by atoms with Crippen molar-refractivity contribution < 1.29 is 0 Å². The molecule has 4 heteroatoms. The van der Waals surface area contributed by atoms with E-state index in [0.29, 0.717) is 0 Å². The molecule has 3 heterocycles. The number of nitrogens with zero attached hydrogens (tertiary/aromatic N) is 2. The molecular formula is C14H17N3S. The standard InChI is InChI=1S/C14H17N3S/c1-10(15)12-3-2-6-16-14(12)17-7-4-13-11(9-17)5-8-18-13/h2-3,5-6,8,10H,4,7,9,15H2,1H3/t10-/m1/s1. The van der Waals surface area contributed by atoms with Crippen LogP contribution < -0.4 is 10.6 Å². The lowest BCUT2D eigenvalue weighted by Crippen LogP contribution is -2.31. The van der Waals surface area contributed by atoms with E-state index in [4.69, 9.17) is 5.73 Å². The molecule has 0 bridgehead atoms. The van der Waals surface area contributed by atoms with Gasteiger partial charge in [0.2, 0.25) is 0 Å². The van der Waals surface area contributed by atoms with Crippen LogP contribution >= 0.6 is 11.3 Å². The number of hydrogen-bond acceptors (Lipinski definition) is 4. The fraction of sp³-hybridized carbons (Fsp3) is 0.357. The van der Waals surface area contributed by atoms with Gasteiger partial charge in [0.25, 0.3) is 0 Å². The third-order valence-corrected chi connectivity index (χ3v) is 4.44. The van der Waals surface area contributed by atoms with Crippen molar-refractivity contribution in [3.63, 3.8) is 0 Å². The monoisotopic (exact) mass is 259 g/mol. The highest BCUT2D eigenvalue weighted by Crippen LogP contribution is 2.30. The Bertz CT molecular complexity index is 547. The van der Waals surface area contributed by atoms with Gasteiger partial charge in [-0.3, -0.25) is 0 Å². The number of aromatic nitrogens is 1. The Morgan fingerprint density at radius 3 is 3.17 bits per heavy atom. The van der Waals surface area contributed by atoms with Crippen LogP contribution in [-0.4, -0.2) is 11.5 Å². The number of thiophene rings is 1. The predicted molar refractivity (Wildman–Crippen MR) is 75.9 cm³/mol. The van der Waals surface area contributed by atoms with E-state index in [1.165, 1.54) is 10.4 Å². The molecule has 1 atom stereocenters. The summed E-state index contributed by atoms with van der Waals surface area (Å²) in [6, 6.07) is 6.29. The summed E-state index contributed by atoms with van der Waals surface area (Å²) in [5.41, 5.74) is 8.60. The summed E-state index contributed by atoms with van der Waals surface area (Å²) < 4.78 is 0. The van der Waals surface area contributed by atoms with Crippen LogP contribution in [0.5, 0.6) is 0 Å². The minimum absolute atomic E-state index is 0.0255. The molecule has 3 nitrogen and oxygen atoms in total. The molecule has 0 aliphatic carbocycles. The summed E-state index contributed by atoms with van der Waals surface area (Å²) in [5.74, 6) is 1.05. The number of rotatable bonds is 2. The van der Waals surface area contributed by atoms with Gasteiger partial charge in [0.1, 0.15) is 5.82 Å². The van der Waals surface area contributed by atoms with Crippen molar-refractivity contribution in [2.75, 3.05) is 11.4 Å². The number of nitrogens with two attached hydrogens (primary N) is 1. The second-order valence-electron chi connectivity index (χ2n) is 4.75. The lowest BCUT2D eigenvalue weighted by atomic mass is 10.1. The minimum atomic E-state index is 0.0255. The summed E-state index contributed by atoms with van der Waals surface area (Å²) in [4.78, 5) is 8.39. The molecule has 0 unspecified atom stereocenters. The first-order valence-electron chi connectivity index (χ1n) is 6.26. The number of fused-ring (bicyclic) bond motifs is 1. The third-order valence-electron chi connectivity index (χ3n) is 3.41. The lowest BCUT2D eigenvalue weighted by molar-refractivity contribution is 0.711. The molecule has 0 spiro atoms. The van der Waals surface area contributed by atoms with Gasteiger partial charge in [-0.15, -0.1) is 11.3 Å². The van der Waals surface area contributed by atoms with Gasteiger partial charge < -0.3 is 10.6 Å². The Balaban J connectivity index is 1.93. The van der Waals surface area contributed by atoms with Gasteiger partial charge in [-0.1, -0.05) is 6.07 Å². The van der Waals surface area contributed by atoms with Crippen LogP contribution in [0.1, 0.15) is 29.0 Å². The molecule has 2 aromatic heterocycles. The van der Waals surface area contributed by atoms with Crippen molar-refractivity contribution in [2.45, 2.75) is 25.9 Å². The van der Waals surface area contributed by atoms with Crippen LogP contribution in [0, 0.1) is 0 Å². The molecule has 1 aliphatic rings. The van der Waals surface area contributed by atoms with Crippen molar-refractivity contribution in [3.8, 4) is 0 Å². The summed E-state index contributed by atoms with van der Waals surface area (Å²) in [7, 11) is 0. The zero-order valence-electron chi connectivity index (χ0n) is 10.5. The topological polar surface area (TPSA) is 42.1 Å². The average Bonchev–Trinajstić information content (AvgIpc) is 2.85. The second-order valence-corrected chi connectivity index (χ2v) is 5.75. The maximum Gasteiger partial charge on any atom is 0.133 e. The van der Waals surface area contributed by atoms with E-state index < -0.39 is 0 Å². The van der Waals surface area contributed by atoms with E-state index in [1.54, 1.807) is 0 Å². The highest BCUT2D eigenvalue weighted by Gasteiger charge is 2.21. The molecule has 2 N–H and O–H groups in total. The van der Waals surface area contributed by atoms with E-state index >= 15 is 0 Å². The fourth-order valence-electron chi connectivity index (χ4n) is 2.46. The zero-order chi connectivity index (χ0) is 12.5. The first-order chi connectivity index (χ1) is 8.75. The first kappa shape index (κ1) is 11.7. The fourth-order valence-corrected chi connectivity index (χ4v) is 3.35. The molecule has 0 amide bonds. The molecule has 3 rings (SSSR count). The highest BCUT2D eigenvalue weighted by atomic mass is 32.1. The Morgan fingerprint density at radius 2 is 2.33 bits per heavy atom. The molecule has 0 saturated heterocycles. The van der Waals surface area contributed by atoms with Gasteiger partial charge in [-0.05, 0) is 36.4 Å². The van der Waals surface area contributed by atoms with Crippen LogP contribution in [0.3, 0.4) is 0 Å². The van der Waals surface area contributed by atoms with Crippen molar-refractivity contribution in [3.05, 3.63) is 45.8 Å². The van der Waals surface area contributed by atoms with Crippen LogP contribution in [-0.2, 0) is 13.0 Å². The van der Waals surface area contributed by atoms with E-state index in [1.807, 2.05) is 30.5 Å². The quantitative estimate of drug-likeness (QED) is 0.901. The van der Waals surface area contributed by atoms with Crippen molar-refractivity contribution >= 4 is 17.2 Å². The molecular weight excluding hydrogens is 242 g/mol. The van der Waals surface area contributed by atoms with E-state index in [2.05, 4.69) is 27.4 Å². The van der Waals surface area contributed by atoms with Crippen LogP contribution in [0.25, 0.3) is 0 Å². The van der Waals surface area contributed by atoms with E-state index in [9.17, 15) is 0 Å². The molecule has 94 valence electrons. The Kier molecular flexibility index (Phi) is 3.06. The smallest absolute Gasteiger partial charge is 0.133 e. The molecule has 0 aromatic carbocycles. The van der Waals surface area contributed by atoms with Gasteiger partial charge in [0, 0.05) is 35.8 Å². The van der Waals surface area contributed by atoms with Gasteiger partial charge in [-0.2, -0.15) is 0 Å². The molecule has 1 aliphatic heterocycles. The predicted octanol–water partition coefficient (Wildman–Crippen LogP) is 2.73. The number of hydrogen-bond donors (Lipinski definition) is 1. The Hall–Kier alpha value is -1.39. The summed E-state index contributed by atoms with van der Waals surface area (Å²) in [6.07, 6.45) is 2.96. The summed E-state index contributed by atoms with van der Waals surface area (Å²) in [5, 5.41) is 2.18. The van der Waals surface area contributed by atoms with Crippen LogP contribution in [0.2, 0.25) is 0 Å². The number of anilines is 1. The van der Waals surface area contributed by atoms with Gasteiger partial charge in [0.05, 0.1) is 0 Å². The second kappa shape index (κ2) is 4.71. The molecule has 18 heavy (non-hydrogen) atoms. The average molecular weight is 259 g/mol. The first-order valence-corrected chi connectivity index (χ1v) is 7.14. The summed E-state index contributed by atoms with van der Waals surface area (Å²) in [6.45, 7) is 4.00. The molecule has 0 fully saturated rings. The van der Waals surface area contributed by atoms with Gasteiger partial charge in [0.15, 0.2) is 0 Å².